The van der Waals surface area contributed by atoms with E-state index in [-0.39, 0.29) is 5.69 Å². The van der Waals surface area contributed by atoms with E-state index in [1.807, 2.05) is 0 Å². The van der Waals surface area contributed by atoms with Gasteiger partial charge in [0.25, 0.3) is 5.69 Å². The molecule has 0 amide bonds. The van der Waals surface area contributed by atoms with Crippen molar-refractivity contribution in [1.82, 2.24) is 0 Å². The van der Waals surface area contributed by atoms with Crippen LogP contribution in [-0.2, 0) is 0 Å². The number of ether oxygens (including phenoxy) is 1. The van der Waals surface area contributed by atoms with Gasteiger partial charge in [0.15, 0.2) is 0 Å². The summed E-state index contributed by atoms with van der Waals surface area (Å²) in [6.07, 6.45) is 1.52. The lowest BCUT2D eigenvalue weighted by Gasteiger charge is -2.02. The van der Waals surface area contributed by atoms with E-state index in [1.54, 1.807) is 13.1 Å². The van der Waals surface area contributed by atoms with Crippen molar-refractivity contribution in [2.24, 2.45) is 4.99 Å². The number of nitro groups is 1. The quantitative estimate of drug-likeness (QED) is 0.417. The third-order valence-electron chi connectivity index (χ3n) is 1.69. The van der Waals surface area contributed by atoms with E-state index in [1.165, 1.54) is 25.5 Å². The molecule has 1 aromatic carbocycles. The van der Waals surface area contributed by atoms with E-state index in [9.17, 15) is 10.1 Å². The maximum Gasteiger partial charge on any atom is 0.270 e. The summed E-state index contributed by atoms with van der Waals surface area (Å²) < 4.78 is 5.02. The van der Waals surface area contributed by atoms with Gasteiger partial charge >= 0.3 is 0 Å². The molecule has 0 aromatic heterocycles. The first-order valence-corrected chi connectivity index (χ1v) is 3.93. The number of non-ortho nitro benzene ring substituents is 1. The lowest BCUT2D eigenvalue weighted by Crippen LogP contribution is -1.94. The molecule has 0 spiro atoms. The van der Waals surface area contributed by atoms with Gasteiger partial charge in [-0.1, -0.05) is 0 Å². The fourth-order valence-electron chi connectivity index (χ4n) is 1.08. The second-order valence-electron chi connectivity index (χ2n) is 2.57. The molecule has 0 aliphatic heterocycles. The van der Waals surface area contributed by atoms with Gasteiger partial charge in [-0.2, -0.15) is 0 Å². The minimum Gasteiger partial charge on any atom is -0.496 e. The highest BCUT2D eigenvalue weighted by Crippen LogP contribution is 2.22. The van der Waals surface area contributed by atoms with Crippen molar-refractivity contribution in [1.29, 1.82) is 0 Å². The number of hydrogen-bond acceptors (Lipinski definition) is 4. The molecule has 0 saturated carbocycles. The Bertz CT molecular complexity index is 374. The minimum absolute atomic E-state index is 0.0284. The highest BCUT2D eigenvalue weighted by Gasteiger charge is 2.09. The first-order valence-electron chi connectivity index (χ1n) is 3.93. The fourth-order valence-corrected chi connectivity index (χ4v) is 1.08. The molecule has 5 nitrogen and oxygen atoms in total. The summed E-state index contributed by atoms with van der Waals surface area (Å²) in [6, 6.07) is 4.37. The molecule has 0 unspecified atom stereocenters. The maximum atomic E-state index is 10.5. The average Bonchev–Trinajstić information content (AvgIpc) is 2.18. The van der Waals surface area contributed by atoms with Crippen molar-refractivity contribution in [3.05, 3.63) is 33.9 Å². The zero-order chi connectivity index (χ0) is 10.6. The third-order valence-corrected chi connectivity index (χ3v) is 1.69. The summed E-state index contributed by atoms with van der Waals surface area (Å²) >= 11 is 0. The molecular weight excluding hydrogens is 184 g/mol. The summed E-state index contributed by atoms with van der Waals surface area (Å²) in [7, 11) is 3.10. The molecule has 1 aromatic rings. The van der Waals surface area contributed by atoms with E-state index >= 15 is 0 Å². The Hall–Kier alpha value is -1.91. The minimum atomic E-state index is -0.452. The Morgan fingerprint density at radius 1 is 1.57 bits per heavy atom. The molecule has 0 N–H and O–H groups in total. The second kappa shape index (κ2) is 4.36. The Labute approximate surface area is 81.2 Å². The van der Waals surface area contributed by atoms with Gasteiger partial charge in [-0.15, -0.1) is 0 Å². The van der Waals surface area contributed by atoms with E-state index in [0.29, 0.717) is 11.3 Å². The van der Waals surface area contributed by atoms with E-state index in [2.05, 4.69) is 4.99 Å². The summed E-state index contributed by atoms with van der Waals surface area (Å²) in [4.78, 5) is 13.8. The number of rotatable bonds is 3. The standard InChI is InChI=1S/C9H10N2O3/c1-10-6-7-5-8(11(12)13)3-4-9(7)14-2/h3-6H,1-2H3. The highest BCUT2D eigenvalue weighted by atomic mass is 16.6. The van der Waals surface area contributed by atoms with Gasteiger partial charge in [-0.05, 0) is 6.07 Å². The molecule has 0 aliphatic carbocycles. The molecule has 14 heavy (non-hydrogen) atoms. The Balaban J connectivity index is 3.20. The van der Waals surface area contributed by atoms with Crippen LogP contribution in [0.4, 0.5) is 5.69 Å². The summed E-state index contributed by atoms with van der Waals surface area (Å²) in [5.74, 6) is 0.571. The molecule has 5 heteroatoms. The van der Waals surface area contributed by atoms with Crippen molar-refractivity contribution < 1.29 is 9.66 Å². The summed E-state index contributed by atoms with van der Waals surface area (Å²) in [5.41, 5.74) is 0.630. The van der Waals surface area contributed by atoms with Gasteiger partial charge in [0, 0.05) is 31.0 Å². The average molecular weight is 194 g/mol. The van der Waals surface area contributed by atoms with Crippen LogP contribution in [0.2, 0.25) is 0 Å². The largest absolute Gasteiger partial charge is 0.496 e. The van der Waals surface area contributed by atoms with Crippen LogP contribution < -0.4 is 4.74 Å². The predicted octanol–water partition coefficient (Wildman–Crippen LogP) is 1.65. The van der Waals surface area contributed by atoms with E-state index in [0.717, 1.165) is 0 Å². The molecule has 1 rings (SSSR count). The third kappa shape index (κ3) is 2.07. The van der Waals surface area contributed by atoms with Crippen LogP contribution >= 0.6 is 0 Å². The van der Waals surface area contributed by atoms with Crippen molar-refractivity contribution >= 4 is 11.9 Å². The zero-order valence-corrected chi connectivity index (χ0v) is 7.93. The van der Waals surface area contributed by atoms with Crippen LogP contribution in [0.15, 0.2) is 23.2 Å². The number of methoxy groups -OCH3 is 1. The number of nitrogens with zero attached hydrogens (tertiary/aromatic N) is 2. The van der Waals surface area contributed by atoms with Gasteiger partial charge in [0.2, 0.25) is 0 Å². The first-order chi connectivity index (χ1) is 6.69. The van der Waals surface area contributed by atoms with Crippen LogP contribution in [0.5, 0.6) is 5.75 Å². The molecule has 0 aliphatic rings. The molecule has 74 valence electrons. The molecule has 0 saturated heterocycles. The molecule has 0 radical (unpaired) electrons. The van der Waals surface area contributed by atoms with Crippen LogP contribution in [0.25, 0.3) is 0 Å². The highest BCUT2D eigenvalue weighted by molar-refractivity contribution is 5.84. The smallest absolute Gasteiger partial charge is 0.270 e. The number of aliphatic imine (C=N–C) groups is 1. The number of benzene rings is 1. The Morgan fingerprint density at radius 3 is 2.79 bits per heavy atom. The lowest BCUT2D eigenvalue weighted by molar-refractivity contribution is -0.384. The van der Waals surface area contributed by atoms with Crippen molar-refractivity contribution in [2.45, 2.75) is 0 Å². The van der Waals surface area contributed by atoms with Crippen molar-refractivity contribution in [2.75, 3.05) is 14.2 Å². The SMILES string of the molecule is CN=Cc1cc([N+](=O)[O-])ccc1OC. The van der Waals surface area contributed by atoms with Gasteiger partial charge in [0.1, 0.15) is 5.75 Å². The van der Waals surface area contributed by atoms with Crippen molar-refractivity contribution in [3.63, 3.8) is 0 Å². The summed E-state index contributed by atoms with van der Waals surface area (Å²) in [5, 5.41) is 10.5. The summed E-state index contributed by atoms with van der Waals surface area (Å²) in [6.45, 7) is 0. The van der Waals surface area contributed by atoms with Crippen LogP contribution in [0.3, 0.4) is 0 Å². The van der Waals surface area contributed by atoms with Gasteiger partial charge in [0.05, 0.1) is 12.0 Å². The predicted molar refractivity (Wildman–Crippen MR) is 53.2 cm³/mol. The number of nitro benzene ring substituents is 1. The topological polar surface area (TPSA) is 64.7 Å². The van der Waals surface area contributed by atoms with E-state index < -0.39 is 4.92 Å². The van der Waals surface area contributed by atoms with E-state index in [4.69, 9.17) is 4.74 Å². The first kappa shape index (κ1) is 10.2. The van der Waals surface area contributed by atoms with Gasteiger partial charge in [-0.25, -0.2) is 0 Å². The number of hydrogen-bond donors (Lipinski definition) is 0. The molecular formula is C9H10N2O3. The second-order valence-corrected chi connectivity index (χ2v) is 2.57. The van der Waals surface area contributed by atoms with Gasteiger partial charge < -0.3 is 4.74 Å². The molecule has 0 bridgehead atoms. The van der Waals surface area contributed by atoms with Gasteiger partial charge in [-0.3, -0.25) is 15.1 Å². The molecule has 0 fully saturated rings. The normalized spacial score (nSPS) is 10.4. The van der Waals surface area contributed by atoms with Crippen LogP contribution in [0.1, 0.15) is 5.56 Å². The van der Waals surface area contributed by atoms with Crippen LogP contribution in [0, 0.1) is 10.1 Å². The molecule has 0 atom stereocenters. The Kier molecular flexibility index (Phi) is 3.17. The maximum absolute atomic E-state index is 10.5. The molecule has 0 heterocycles. The Morgan fingerprint density at radius 2 is 2.29 bits per heavy atom. The van der Waals surface area contributed by atoms with Crippen molar-refractivity contribution in [3.8, 4) is 5.75 Å². The van der Waals surface area contributed by atoms with Crippen LogP contribution in [-0.4, -0.2) is 25.3 Å². The lowest BCUT2D eigenvalue weighted by atomic mass is 10.2. The monoisotopic (exact) mass is 194 g/mol. The fraction of sp³-hybridized carbons (Fsp3) is 0.222. The zero-order valence-electron chi connectivity index (χ0n) is 7.93.